The molecule has 28 heavy (non-hydrogen) atoms. The molecule has 0 aromatic carbocycles. The molecule has 2 N–H and O–H groups in total. The molecule has 3 heterocycles. The predicted molar refractivity (Wildman–Crippen MR) is 107 cm³/mol. The third kappa shape index (κ3) is 4.35. The SMILES string of the molecule is Cn1cc(NC(=O)N[C@H]2CCCO[C@@H]2c2ccncc2)c(C2CCCCC2)n1. The highest BCUT2D eigenvalue weighted by Gasteiger charge is 2.29. The fourth-order valence-electron chi connectivity index (χ4n) is 4.42. The monoisotopic (exact) mass is 383 g/mol. The Balaban J connectivity index is 1.44. The van der Waals surface area contributed by atoms with E-state index in [0.717, 1.165) is 42.6 Å². The van der Waals surface area contributed by atoms with Crippen molar-refractivity contribution in [3.63, 3.8) is 0 Å². The molecule has 0 bridgehead atoms. The van der Waals surface area contributed by atoms with Crippen molar-refractivity contribution in [3.05, 3.63) is 42.0 Å². The summed E-state index contributed by atoms with van der Waals surface area (Å²) in [5.74, 6) is 0.438. The Morgan fingerprint density at radius 3 is 2.71 bits per heavy atom. The summed E-state index contributed by atoms with van der Waals surface area (Å²) in [7, 11) is 1.91. The van der Waals surface area contributed by atoms with E-state index in [2.05, 4.69) is 20.7 Å². The number of amides is 2. The van der Waals surface area contributed by atoms with Crippen LogP contribution in [0.4, 0.5) is 10.5 Å². The third-order valence-corrected chi connectivity index (χ3v) is 5.77. The van der Waals surface area contributed by atoms with E-state index in [-0.39, 0.29) is 18.2 Å². The normalized spacial score (nSPS) is 23.3. The number of anilines is 1. The van der Waals surface area contributed by atoms with Crippen LogP contribution >= 0.6 is 0 Å². The molecular formula is C21H29N5O2. The van der Waals surface area contributed by atoms with Gasteiger partial charge in [-0.1, -0.05) is 19.3 Å². The van der Waals surface area contributed by atoms with Crippen LogP contribution in [0.5, 0.6) is 0 Å². The lowest BCUT2D eigenvalue weighted by molar-refractivity contribution is -0.00701. The van der Waals surface area contributed by atoms with Crippen molar-refractivity contribution in [1.29, 1.82) is 0 Å². The molecule has 2 aromatic heterocycles. The van der Waals surface area contributed by atoms with Gasteiger partial charge in [0.2, 0.25) is 0 Å². The van der Waals surface area contributed by atoms with Crippen molar-refractivity contribution in [2.45, 2.75) is 63.0 Å². The van der Waals surface area contributed by atoms with Crippen LogP contribution in [0.25, 0.3) is 0 Å². The van der Waals surface area contributed by atoms with Crippen LogP contribution in [0.15, 0.2) is 30.7 Å². The maximum absolute atomic E-state index is 12.8. The molecule has 2 amide bonds. The van der Waals surface area contributed by atoms with Gasteiger partial charge in [-0.25, -0.2) is 4.79 Å². The molecular weight excluding hydrogens is 354 g/mol. The molecule has 2 aromatic rings. The number of ether oxygens (including phenoxy) is 1. The zero-order valence-electron chi connectivity index (χ0n) is 16.4. The molecule has 0 unspecified atom stereocenters. The number of aromatic nitrogens is 3. The molecule has 2 atom stereocenters. The topological polar surface area (TPSA) is 81.1 Å². The van der Waals surface area contributed by atoms with Crippen LogP contribution in [-0.4, -0.2) is 33.4 Å². The first-order chi connectivity index (χ1) is 13.7. The number of rotatable bonds is 4. The average molecular weight is 383 g/mol. The highest BCUT2D eigenvalue weighted by atomic mass is 16.5. The summed E-state index contributed by atoms with van der Waals surface area (Å²) in [4.78, 5) is 16.8. The van der Waals surface area contributed by atoms with Gasteiger partial charge >= 0.3 is 6.03 Å². The van der Waals surface area contributed by atoms with E-state index >= 15 is 0 Å². The van der Waals surface area contributed by atoms with E-state index in [1.54, 1.807) is 17.1 Å². The van der Waals surface area contributed by atoms with Gasteiger partial charge in [-0.15, -0.1) is 0 Å². The van der Waals surface area contributed by atoms with E-state index < -0.39 is 0 Å². The first kappa shape index (κ1) is 18.9. The minimum absolute atomic E-state index is 0.0639. The number of carbonyl (C=O) groups is 1. The highest BCUT2D eigenvalue weighted by Crippen LogP contribution is 2.35. The molecule has 1 aliphatic heterocycles. The Kier molecular flexibility index (Phi) is 5.90. The second kappa shape index (κ2) is 8.73. The first-order valence-electron chi connectivity index (χ1n) is 10.3. The van der Waals surface area contributed by atoms with Crippen LogP contribution in [0.1, 0.15) is 68.2 Å². The number of pyridine rings is 1. The Bertz CT molecular complexity index is 785. The van der Waals surface area contributed by atoms with Crippen molar-refractivity contribution >= 4 is 11.7 Å². The molecule has 7 nitrogen and oxygen atoms in total. The average Bonchev–Trinajstić information content (AvgIpc) is 3.09. The van der Waals surface area contributed by atoms with Crippen molar-refractivity contribution in [2.75, 3.05) is 11.9 Å². The number of nitrogens with zero attached hydrogens (tertiary/aromatic N) is 3. The molecule has 7 heteroatoms. The lowest BCUT2D eigenvalue weighted by Gasteiger charge is -2.32. The quantitative estimate of drug-likeness (QED) is 0.839. The van der Waals surface area contributed by atoms with Crippen LogP contribution in [-0.2, 0) is 11.8 Å². The smallest absolute Gasteiger partial charge is 0.319 e. The number of aryl methyl sites for hydroxylation is 1. The van der Waals surface area contributed by atoms with Crippen molar-refractivity contribution in [1.82, 2.24) is 20.1 Å². The maximum Gasteiger partial charge on any atom is 0.319 e. The molecule has 1 saturated heterocycles. The summed E-state index contributed by atoms with van der Waals surface area (Å²) in [6.45, 7) is 0.710. The van der Waals surface area contributed by atoms with Crippen LogP contribution in [0, 0.1) is 0 Å². The minimum atomic E-state index is -0.195. The number of hydrogen-bond donors (Lipinski definition) is 2. The van der Waals surface area contributed by atoms with E-state index in [1.165, 1.54) is 19.3 Å². The maximum atomic E-state index is 12.8. The van der Waals surface area contributed by atoms with Crippen LogP contribution < -0.4 is 10.6 Å². The fraction of sp³-hybridized carbons (Fsp3) is 0.571. The summed E-state index contributed by atoms with van der Waals surface area (Å²) in [6.07, 6.45) is 13.2. The third-order valence-electron chi connectivity index (χ3n) is 5.77. The molecule has 2 aliphatic rings. The second-order valence-corrected chi connectivity index (χ2v) is 7.86. The van der Waals surface area contributed by atoms with Gasteiger partial charge in [0.15, 0.2) is 0 Å². The Morgan fingerprint density at radius 1 is 1.14 bits per heavy atom. The zero-order chi connectivity index (χ0) is 19.3. The van der Waals surface area contributed by atoms with E-state index in [1.807, 2.05) is 25.4 Å². The number of urea groups is 1. The standard InChI is InChI=1S/C21H29N5O2/c1-26-14-18(19(25-26)15-6-3-2-4-7-15)24-21(27)23-17-8-5-13-28-20(17)16-9-11-22-12-10-16/h9-12,14-15,17,20H,2-8,13H2,1H3,(H2,23,24,27)/t17-,20+/m0/s1. The highest BCUT2D eigenvalue weighted by molar-refractivity contribution is 5.90. The predicted octanol–water partition coefficient (Wildman–Crippen LogP) is 3.90. The van der Waals surface area contributed by atoms with E-state index in [4.69, 9.17) is 4.74 Å². The molecule has 4 rings (SSSR count). The zero-order valence-corrected chi connectivity index (χ0v) is 16.4. The van der Waals surface area contributed by atoms with Gasteiger partial charge in [0.25, 0.3) is 0 Å². The van der Waals surface area contributed by atoms with Crippen LogP contribution in [0.3, 0.4) is 0 Å². The van der Waals surface area contributed by atoms with Crippen LogP contribution in [0.2, 0.25) is 0 Å². The molecule has 150 valence electrons. The molecule has 2 fully saturated rings. The molecule has 0 spiro atoms. The Hall–Kier alpha value is -2.41. The van der Waals surface area contributed by atoms with Gasteiger partial charge in [0, 0.05) is 38.2 Å². The van der Waals surface area contributed by atoms with Gasteiger partial charge in [0.05, 0.1) is 17.4 Å². The van der Waals surface area contributed by atoms with Gasteiger partial charge in [-0.2, -0.15) is 5.10 Å². The van der Waals surface area contributed by atoms with Gasteiger partial charge < -0.3 is 15.4 Å². The Morgan fingerprint density at radius 2 is 1.93 bits per heavy atom. The van der Waals surface area contributed by atoms with Crippen molar-refractivity contribution < 1.29 is 9.53 Å². The Labute approximate surface area is 165 Å². The summed E-state index contributed by atoms with van der Waals surface area (Å²) in [5, 5.41) is 10.8. The first-order valence-corrected chi connectivity index (χ1v) is 10.3. The van der Waals surface area contributed by atoms with Gasteiger partial charge in [0.1, 0.15) is 6.10 Å². The molecule has 1 saturated carbocycles. The lowest BCUT2D eigenvalue weighted by Crippen LogP contribution is -2.44. The van der Waals surface area contributed by atoms with Crippen molar-refractivity contribution in [3.8, 4) is 0 Å². The number of nitrogens with one attached hydrogen (secondary N) is 2. The number of hydrogen-bond acceptors (Lipinski definition) is 4. The van der Waals surface area contributed by atoms with Crippen molar-refractivity contribution in [2.24, 2.45) is 7.05 Å². The van der Waals surface area contributed by atoms with E-state index in [0.29, 0.717) is 12.5 Å². The van der Waals surface area contributed by atoms with Gasteiger partial charge in [-0.05, 0) is 43.4 Å². The summed E-state index contributed by atoms with van der Waals surface area (Å²) in [5.41, 5.74) is 2.89. The summed E-state index contributed by atoms with van der Waals surface area (Å²) >= 11 is 0. The van der Waals surface area contributed by atoms with Gasteiger partial charge in [-0.3, -0.25) is 9.67 Å². The number of carbonyl (C=O) groups excluding carboxylic acids is 1. The van der Waals surface area contributed by atoms with E-state index in [9.17, 15) is 4.79 Å². The molecule has 1 aliphatic carbocycles. The minimum Gasteiger partial charge on any atom is -0.371 e. The second-order valence-electron chi connectivity index (χ2n) is 7.86. The molecule has 0 radical (unpaired) electrons. The summed E-state index contributed by atoms with van der Waals surface area (Å²) < 4.78 is 7.76. The summed E-state index contributed by atoms with van der Waals surface area (Å²) in [6, 6.07) is 3.64. The lowest BCUT2D eigenvalue weighted by atomic mass is 9.86. The fourth-order valence-corrected chi connectivity index (χ4v) is 4.42. The largest absolute Gasteiger partial charge is 0.371 e.